The molecule has 0 radical (unpaired) electrons. The zero-order valence-corrected chi connectivity index (χ0v) is 14.3. The minimum Gasteiger partial charge on any atom is -0.348 e. The summed E-state index contributed by atoms with van der Waals surface area (Å²) in [6.45, 7) is 4.88. The van der Waals surface area contributed by atoms with Gasteiger partial charge in [-0.1, -0.05) is 61.8 Å². The molecule has 3 heteroatoms. The van der Waals surface area contributed by atoms with E-state index in [0.29, 0.717) is 17.5 Å². The number of benzene rings is 2. The maximum absolute atomic E-state index is 11.9. The van der Waals surface area contributed by atoms with E-state index in [1.165, 1.54) is 5.56 Å². The van der Waals surface area contributed by atoms with Gasteiger partial charge in [0.15, 0.2) is 0 Å². The van der Waals surface area contributed by atoms with Crippen molar-refractivity contribution in [2.45, 2.75) is 26.8 Å². The van der Waals surface area contributed by atoms with E-state index in [2.05, 4.69) is 31.3 Å². The van der Waals surface area contributed by atoms with E-state index in [4.69, 9.17) is 11.6 Å². The van der Waals surface area contributed by atoms with Gasteiger partial charge in [0.25, 0.3) is 0 Å². The number of amides is 1. The van der Waals surface area contributed by atoms with Crippen LogP contribution in [0.5, 0.6) is 0 Å². The fourth-order valence-electron chi connectivity index (χ4n) is 2.30. The second kappa shape index (κ2) is 8.54. The molecule has 1 amide bonds. The maximum atomic E-state index is 11.9. The molecule has 0 aromatic heterocycles. The number of carbonyl (C=O) groups excluding carboxylic acids is 1. The van der Waals surface area contributed by atoms with Crippen LogP contribution in [-0.2, 0) is 17.8 Å². The lowest BCUT2D eigenvalue weighted by Gasteiger charge is -2.05. The van der Waals surface area contributed by atoms with Gasteiger partial charge in [-0.2, -0.15) is 0 Å². The summed E-state index contributed by atoms with van der Waals surface area (Å²) < 4.78 is 0. The van der Waals surface area contributed by atoms with Crippen LogP contribution in [0.3, 0.4) is 0 Å². The van der Waals surface area contributed by atoms with Crippen LogP contribution >= 0.6 is 11.6 Å². The number of halogens is 1. The third kappa shape index (κ3) is 6.29. The minimum absolute atomic E-state index is 0.115. The smallest absolute Gasteiger partial charge is 0.244 e. The molecule has 0 saturated heterocycles. The van der Waals surface area contributed by atoms with Gasteiger partial charge in [-0.15, -0.1) is 0 Å². The van der Waals surface area contributed by atoms with Crippen LogP contribution < -0.4 is 5.32 Å². The van der Waals surface area contributed by atoms with Gasteiger partial charge >= 0.3 is 0 Å². The molecule has 0 aliphatic heterocycles. The number of nitrogens with one attached hydrogen (secondary N) is 1. The number of hydrogen-bond acceptors (Lipinski definition) is 1. The molecule has 0 aliphatic rings. The third-order valence-electron chi connectivity index (χ3n) is 3.41. The van der Waals surface area contributed by atoms with Crippen LogP contribution in [0.1, 0.15) is 30.5 Å². The van der Waals surface area contributed by atoms with E-state index in [-0.39, 0.29) is 5.91 Å². The molecule has 0 aliphatic carbocycles. The summed E-state index contributed by atoms with van der Waals surface area (Å²) in [5, 5.41) is 3.52. The fraction of sp³-hybridized carbons (Fsp3) is 0.250. The Morgan fingerprint density at radius 1 is 1.13 bits per heavy atom. The largest absolute Gasteiger partial charge is 0.348 e. The lowest BCUT2D eigenvalue weighted by molar-refractivity contribution is -0.116. The quantitative estimate of drug-likeness (QED) is 0.754. The zero-order chi connectivity index (χ0) is 16.7. The molecule has 2 rings (SSSR count). The molecular formula is C20H22ClNO. The van der Waals surface area contributed by atoms with Crippen LogP contribution in [0.2, 0.25) is 5.02 Å². The molecule has 0 atom stereocenters. The Bertz CT molecular complexity index is 674. The van der Waals surface area contributed by atoms with E-state index in [1.807, 2.05) is 42.5 Å². The van der Waals surface area contributed by atoms with Crippen LogP contribution in [0.4, 0.5) is 0 Å². The zero-order valence-electron chi connectivity index (χ0n) is 13.6. The van der Waals surface area contributed by atoms with Gasteiger partial charge in [-0.05, 0) is 47.2 Å². The van der Waals surface area contributed by atoms with Gasteiger partial charge in [-0.3, -0.25) is 4.79 Å². The summed E-state index contributed by atoms with van der Waals surface area (Å²) in [5.74, 6) is 0.532. The Labute approximate surface area is 143 Å². The summed E-state index contributed by atoms with van der Waals surface area (Å²) >= 11 is 5.92. The van der Waals surface area contributed by atoms with Crippen LogP contribution in [0.15, 0.2) is 54.6 Å². The number of rotatable bonds is 6. The summed E-state index contributed by atoms with van der Waals surface area (Å²) in [5.41, 5.74) is 3.33. The monoisotopic (exact) mass is 327 g/mol. The van der Waals surface area contributed by atoms with Crippen LogP contribution in [0.25, 0.3) is 6.08 Å². The summed E-state index contributed by atoms with van der Waals surface area (Å²) in [6.07, 6.45) is 4.46. The van der Waals surface area contributed by atoms with Crippen molar-refractivity contribution in [1.82, 2.24) is 5.32 Å². The summed E-state index contributed by atoms with van der Waals surface area (Å²) in [6, 6.07) is 15.8. The van der Waals surface area contributed by atoms with Gasteiger partial charge in [0.2, 0.25) is 5.91 Å². The van der Waals surface area contributed by atoms with Crippen molar-refractivity contribution in [3.8, 4) is 0 Å². The molecule has 1 N–H and O–H groups in total. The van der Waals surface area contributed by atoms with Gasteiger partial charge in [0.1, 0.15) is 0 Å². The molecule has 120 valence electrons. The van der Waals surface area contributed by atoms with Gasteiger partial charge in [-0.25, -0.2) is 0 Å². The Hall–Kier alpha value is -2.06. The van der Waals surface area contributed by atoms with Crippen molar-refractivity contribution in [3.63, 3.8) is 0 Å². The Morgan fingerprint density at radius 3 is 2.52 bits per heavy atom. The average Bonchev–Trinajstić information content (AvgIpc) is 2.52. The summed E-state index contributed by atoms with van der Waals surface area (Å²) in [7, 11) is 0. The molecular weight excluding hydrogens is 306 g/mol. The Balaban J connectivity index is 1.85. The fourth-order valence-corrected chi connectivity index (χ4v) is 2.52. The van der Waals surface area contributed by atoms with E-state index in [9.17, 15) is 4.79 Å². The molecule has 0 saturated carbocycles. The standard InChI is InChI=1S/C20H22ClNO/c1-15(2)12-17-8-6-16(7-9-17)10-11-20(23)22-14-18-4-3-5-19(21)13-18/h3-11,13,15H,12,14H2,1-2H3,(H,22,23)/b11-10+. The first kappa shape index (κ1) is 17.3. The molecule has 2 aromatic carbocycles. The Morgan fingerprint density at radius 2 is 1.87 bits per heavy atom. The predicted octanol–water partition coefficient (Wildman–Crippen LogP) is 4.87. The van der Waals surface area contributed by atoms with Crippen LogP contribution in [0, 0.1) is 5.92 Å². The minimum atomic E-state index is -0.115. The first-order chi connectivity index (χ1) is 11.0. The van der Waals surface area contributed by atoms with Gasteiger partial charge < -0.3 is 5.32 Å². The molecule has 0 heterocycles. The molecule has 0 spiro atoms. The molecule has 0 bridgehead atoms. The highest BCUT2D eigenvalue weighted by Gasteiger charge is 1.99. The molecule has 2 aromatic rings. The lowest BCUT2D eigenvalue weighted by Crippen LogP contribution is -2.20. The van der Waals surface area contributed by atoms with E-state index < -0.39 is 0 Å². The second-order valence-corrected chi connectivity index (χ2v) is 6.46. The average molecular weight is 328 g/mol. The number of carbonyl (C=O) groups is 1. The second-order valence-electron chi connectivity index (χ2n) is 6.02. The van der Waals surface area contributed by atoms with Crippen molar-refractivity contribution in [1.29, 1.82) is 0 Å². The lowest BCUT2D eigenvalue weighted by atomic mass is 10.0. The normalized spacial score (nSPS) is 11.1. The predicted molar refractivity (Wildman–Crippen MR) is 97.3 cm³/mol. The van der Waals surface area contributed by atoms with E-state index >= 15 is 0 Å². The third-order valence-corrected chi connectivity index (χ3v) is 3.64. The van der Waals surface area contributed by atoms with Crippen molar-refractivity contribution >= 4 is 23.6 Å². The van der Waals surface area contributed by atoms with Crippen molar-refractivity contribution in [3.05, 3.63) is 76.3 Å². The van der Waals surface area contributed by atoms with Gasteiger partial charge in [0, 0.05) is 17.6 Å². The highest BCUT2D eigenvalue weighted by molar-refractivity contribution is 6.30. The highest BCUT2D eigenvalue weighted by Crippen LogP contribution is 2.11. The first-order valence-corrected chi connectivity index (χ1v) is 8.20. The number of hydrogen-bond donors (Lipinski definition) is 1. The highest BCUT2D eigenvalue weighted by atomic mass is 35.5. The summed E-state index contributed by atoms with van der Waals surface area (Å²) in [4.78, 5) is 11.9. The SMILES string of the molecule is CC(C)Cc1ccc(/C=C/C(=O)NCc2cccc(Cl)c2)cc1. The van der Waals surface area contributed by atoms with Crippen molar-refractivity contribution in [2.24, 2.45) is 5.92 Å². The molecule has 0 fully saturated rings. The van der Waals surface area contributed by atoms with Gasteiger partial charge in [0.05, 0.1) is 0 Å². The van der Waals surface area contributed by atoms with Crippen molar-refractivity contribution < 1.29 is 4.79 Å². The van der Waals surface area contributed by atoms with E-state index in [1.54, 1.807) is 6.08 Å². The molecule has 0 unspecified atom stereocenters. The molecule has 2 nitrogen and oxygen atoms in total. The maximum Gasteiger partial charge on any atom is 0.244 e. The Kier molecular flexibility index (Phi) is 6.42. The van der Waals surface area contributed by atoms with Crippen molar-refractivity contribution in [2.75, 3.05) is 0 Å². The van der Waals surface area contributed by atoms with E-state index in [0.717, 1.165) is 17.5 Å². The topological polar surface area (TPSA) is 29.1 Å². The molecule has 23 heavy (non-hydrogen) atoms. The van der Waals surface area contributed by atoms with Crippen LogP contribution in [-0.4, -0.2) is 5.91 Å². The first-order valence-electron chi connectivity index (χ1n) is 7.82.